The fraction of sp³-hybridized carbons (Fsp3) is 0.400. The molecule has 0 spiro atoms. The first-order valence-electron chi connectivity index (χ1n) is 13.8. The lowest BCUT2D eigenvalue weighted by atomic mass is 9.72. The Morgan fingerprint density at radius 2 is 1.81 bits per heavy atom. The van der Waals surface area contributed by atoms with Crippen molar-refractivity contribution >= 4 is 24.0 Å². The van der Waals surface area contributed by atoms with Crippen LogP contribution in [0.4, 0.5) is 9.59 Å². The Morgan fingerprint density at radius 1 is 1.10 bits per heavy atom. The van der Waals surface area contributed by atoms with E-state index in [2.05, 4.69) is 15.5 Å². The number of benzene rings is 2. The molecule has 12 heteroatoms. The van der Waals surface area contributed by atoms with E-state index in [1.54, 1.807) is 18.2 Å². The van der Waals surface area contributed by atoms with Crippen molar-refractivity contribution in [1.29, 1.82) is 0 Å². The number of carbonyl (C=O) groups excluding carboxylic acids is 3. The number of carboxylic acid groups (broad SMARTS) is 1. The minimum absolute atomic E-state index is 0.0295. The molecule has 1 unspecified atom stereocenters. The number of rotatable bonds is 8. The normalized spacial score (nSPS) is 19.7. The van der Waals surface area contributed by atoms with Crippen LogP contribution in [0, 0.1) is 0 Å². The fourth-order valence-corrected chi connectivity index (χ4v) is 5.93. The first-order chi connectivity index (χ1) is 20.2. The SMILES string of the molecule is COC(=O)C1(c2ccccc2)CCN(CCCNC(=O)N2C(=O)NC(C)=C(C(=O)O)C2c2ccc3c(c2)OCO3)CC1. The molecule has 3 aliphatic heterocycles. The molecule has 1 atom stereocenters. The topological polar surface area (TPSA) is 147 Å². The second-order valence-electron chi connectivity index (χ2n) is 10.5. The minimum Gasteiger partial charge on any atom is -0.478 e. The van der Waals surface area contributed by atoms with Crippen LogP contribution in [0.25, 0.3) is 0 Å². The quantitative estimate of drug-likeness (QED) is 0.318. The molecule has 1 saturated heterocycles. The van der Waals surface area contributed by atoms with Gasteiger partial charge in [0.05, 0.1) is 18.1 Å². The number of nitrogens with zero attached hydrogens (tertiary/aromatic N) is 2. The Kier molecular flexibility index (Phi) is 8.34. The number of carboxylic acids is 1. The molecule has 42 heavy (non-hydrogen) atoms. The third-order valence-electron chi connectivity index (χ3n) is 8.15. The number of methoxy groups -OCH3 is 1. The number of aliphatic carboxylic acids is 1. The summed E-state index contributed by atoms with van der Waals surface area (Å²) >= 11 is 0. The summed E-state index contributed by atoms with van der Waals surface area (Å²) in [6.45, 7) is 3.82. The number of hydrogen-bond donors (Lipinski definition) is 3. The van der Waals surface area contributed by atoms with Gasteiger partial charge >= 0.3 is 24.0 Å². The molecule has 0 aliphatic carbocycles. The number of imide groups is 1. The van der Waals surface area contributed by atoms with Gasteiger partial charge < -0.3 is 34.9 Å². The number of urea groups is 2. The van der Waals surface area contributed by atoms with Crippen molar-refractivity contribution in [3.8, 4) is 11.5 Å². The average molecular weight is 579 g/mol. The number of esters is 1. The number of nitrogens with one attached hydrogen (secondary N) is 2. The van der Waals surface area contributed by atoms with E-state index in [0.717, 1.165) is 10.5 Å². The van der Waals surface area contributed by atoms with Gasteiger partial charge in [-0.1, -0.05) is 36.4 Å². The molecule has 3 N–H and O–H groups in total. The Bertz CT molecular complexity index is 1400. The van der Waals surface area contributed by atoms with Crippen LogP contribution in [-0.4, -0.2) is 79.0 Å². The molecule has 222 valence electrons. The van der Waals surface area contributed by atoms with Crippen molar-refractivity contribution in [2.75, 3.05) is 40.1 Å². The van der Waals surface area contributed by atoms with E-state index in [4.69, 9.17) is 14.2 Å². The van der Waals surface area contributed by atoms with Crippen LogP contribution < -0.4 is 20.1 Å². The summed E-state index contributed by atoms with van der Waals surface area (Å²) in [6.07, 6.45) is 1.82. The van der Waals surface area contributed by atoms with Crippen LogP contribution in [0.5, 0.6) is 11.5 Å². The van der Waals surface area contributed by atoms with Gasteiger partial charge in [0.25, 0.3) is 0 Å². The van der Waals surface area contributed by atoms with Gasteiger partial charge in [0.1, 0.15) is 6.04 Å². The van der Waals surface area contributed by atoms with Crippen LogP contribution >= 0.6 is 0 Å². The van der Waals surface area contributed by atoms with E-state index in [0.29, 0.717) is 56.0 Å². The maximum absolute atomic E-state index is 13.3. The Morgan fingerprint density at radius 3 is 2.50 bits per heavy atom. The van der Waals surface area contributed by atoms with E-state index in [9.17, 15) is 24.3 Å². The zero-order valence-electron chi connectivity index (χ0n) is 23.6. The Balaban J connectivity index is 1.22. The minimum atomic E-state index is -1.25. The van der Waals surface area contributed by atoms with Gasteiger partial charge in [0, 0.05) is 12.2 Å². The highest BCUT2D eigenvalue weighted by Crippen LogP contribution is 2.40. The monoisotopic (exact) mass is 578 g/mol. The molecule has 2 aromatic carbocycles. The molecule has 5 rings (SSSR count). The smallest absolute Gasteiger partial charge is 0.335 e. The molecule has 0 saturated carbocycles. The third kappa shape index (κ3) is 5.49. The van der Waals surface area contributed by atoms with E-state index in [1.807, 2.05) is 30.3 Å². The van der Waals surface area contributed by atoms with Gasteiger partial charge in [-0.3, -0.25) is 4.79 Å². The summed E-state index contributed by atoms with van der Waals surface area (Å²) in [5.74, 6) is -0.580. The molecular formula is C30H34N4O8. The zero-order valence-corrected chi connectivity index (χ0v) is 23.6. The molecule has 0 bridgehead atoms. The summed E-state index contributed by atoms with van der Waals surface area (Å²) in [4.78, 5) is 54.5. The molecule has 0 aromatic heterocycles. The van der Waals surface area contributed by atoms with Crippen LogP contribution in [0.1, 0.15) is 43.4 Å². The highest BCUT2D eigenvalue weighted by Gasteiger charge is 2.44. The predicted molar refractivity (Wildman–Crippen MR) is 150 cm³/mol. The molecule has 0 radical (unpaired) electrons. The van der Waals surface area contributed by atoms with Gasteiger partial charge in [0.15, 0.2) is 11.5 Å². The van der Waals surface area contributed by atoms with Crippen molar-refractivity contribution in [1.82, 2.24) is 20.4 Å². The first-order valence-corrected chi connectivity index (χ1v) is 13.8. The van der Waals surface area contributed by atoms with Gasteiger partial charge in [-0.25, -0.2) is 19.3 Å². The maximum Gasteiger partial charge on any atom is 0.335 e. The lowest BCUT2D eigenvalue weighted by molar-refractivity contribution is -0.149. The van der Waals surface area contributed by atoms with Crippen LogP contribution in [0.2, 0.25) is 0 Å². The van der Waals surface area contributed by atoms with Crippen molar-refractivity contribution in [3.63, 3.8) is 0 Å². The van der Waals surface area contributed by atoms with Gasteiger partial charge in [-0.15, -0.1) is 0 Å². The number of piperidine rings is 1. The number of hydrogen-bond acceptors (Lipinski definition) is 8. The van der Waals surface area contributed by atoms with Gasteiger partial charge in [-0.2, -0.15) is 0 Å². The average Bonchev–Trinajstić information content (AvgIpc) is 3.47. The largest absolute Gasteiger partial charge is 0.478 e. The molecular weight excluding hydrogens is 544 g/mol. The van der Waals surface area contributed by atoms with Crippen molar-refractivity contribution < 1.29 is 38.5 Å². The van der Waals surface area contributed by atoms with Crippen LogP contribution in [-0.2, 0) is 19.7 Å². The van der Waals surface area contributed by atoms with Gasteiger partial charge in [0.2, 0.25) is 6.79 Å². The highest BCUT2D eigenvalue weighted by atomic mass is 16.7. The van der Waals surface area contributed by atoms with Crippen LogP contribution in [0.15, 0.2) is 59.8 Å². The lowest BCUT2D eigenvalue weighted by Crippen LogP contribution is -2.54. The van der Waals surface area contributed by atoms with Gasteiger partial charge in [-0.05, 0) is 69.1 Å². The number of carbonyl (C=O) groups is 4. The van der Waals surface area contributed by atoms with E-state index >= 15 is 0 Å². The summed E-state index contributed by atoms with van der Waals surface area (Å²) < 4.78 is 16.0. The summed E-state index contributed by atoms with van der Waals surface area (Å²) in [6, 6.07) is 11.9. The second kappa shape index (κ2) is 12.1. The molecule has 1 fully saturated rings. The number of fused-ring (bicyclic) bond motifs is 1. The molecule has 2 aromatic rings. The number of allylic oxidation sites excluding steroid dienone is 1. The van der Waals surface area contributed by atoms with Crippen molar-refractivity contribution in [2.45, 2.75) is 37.6 Å². The fourth-order valence-electron chi connectivity index (χ4n) is 5.93. The van der Waals surface area contributed by atoms with E-state index in [1.165, 1.54) is 14.0 Å². The summed E-state index contributed by atoms with van der Waals surface area (Å²) in [5.41, 5.74) is 0.708. The molecule has 3 heterocycles. The van der Waals surface area contributed by atoms with Crippen molar-refractivity contribution in [2.24, 2.45) is 0 Å². The summed E-state index contributed by atoms with van der Waals surface area (Å²) in [7, 11) is 1.41. The number of likely N-dealkylation sites (tertiary alicyclic amines) is 1. The third-order valence-corrected chi connectivity index (χ3v) is 8.15. The lowest BCUT2D eigenvalue weighted by Gasteiger charge is -2.40. The molecule has 3 aliphatic rings. The highest BCUT2D eigenvalue weighted by molar-refractivity contribution is 6.01. The molecule has 12 nitrogen and oxygen atoms in total. The van der Waals surface area contributed by atoms with Crippen molar-refractivity contribution in [3.05, 3.63) is 70.9 Å². The van der Waals surface area contributed by atoms with E-state index < -0.39 is 29.5 Å². The second-order valence-corrected chi connectivity index (χ2v) is 10.5. The Labute approximate surface area is 243 Å². The standard InChI is InChI=1S/C30H34N4O8/c1-19-24(26(35)36)25(20-9-10-22-23(17-20)42-18-41-22)34(29(39)32-19)28(38)31-13-6-14-33-15-11-30(12-16-33,27(37)40-2)21-7-4-3-5-8-21/h3-5,7-10,17,25H,6,11-16,18H2,1-2H3,(H,31,38)(H,32,39)(H,35,36). The number of ether oxygens (including phenoxy) is 3. The summed E-state index contributed by atoms with van der Waals surface area (Å²) in [5, 5.41) is 15.2. The predicted octanol–water partition coefficient (Wildman–Crippen LogP) is 3.15. The zero-order chi connectivity index (χ0) is 29.9. The molecule has 4 amide bonds. The number of amides is 4. The Hall–Kier alpha value is -4.58. The maximum atomic E-state index is 13.3. The first kappa shape index (κ1) is 28.9. The van der Waals surface area contributed by atoms with E-state index in [-0.39, 0.29) is 30.6 Å². The van der Waals surface area contributed by atoms with Crippen LogP contribution in [0.3, 0.4) is 0 Å².